The van der Waals surface area contributed by atoms with Crippen molar-refractivity contribution >= 4 is 14.7 Å². The maximum absolute atomic E-state index is 15.3. The number of pyridine rings is 1. The number of alkyl halides is 15. The average Bonchev–Trinajstić information content (AvgIpc) is 3.40. The zero-order valence-electron chi connectivity index (χ0n) is 32.0. The number of benzene rings is 1. The van der Waals surface area contributed by atoms with Crippen LogP contribution in [0.5, 0.6) is 5.75 Å². The molecular formula is C39H42F15N3OSi. The molecule has 2 radical (unpaired) electrons. The fourth-order valence-electron chi connectivity index (χ4n) is 6.58. The van der Waals surface area contributed by atoms with Crippen molar-refractivity contribution in [1.29, 1.82) is 0 Å². The maximum Gasteiger partial charge on any atom is 0.460 e. The predicted molar refractivity (Wildman–Crippen MR) is 190 cm³/mol. The van der Waals surface area contributed by atoms with Crippen LogP contribution in [0.2, 0.25) is 6.04 Å². The molecule has 4 rings (SSSR count). The summed E-state index contributed by atoms with van der Waals surface area (Å²) in [5, 5.41) is 1.02. The lowest BCUT2D eigenvalue weighted by molar-refractivity contribution is -0.441. The Labute approximate surface area is 333 Å². The van der Waals surface area contributed by atoms with Crippen LogP contribution in [0.4, 0.5) is 65.9 Å². The lowest BCUT2D eigenvalue weighted by Gasteiger charge is -2.40. The van der Waals surface area contributed by atoms with Gasteiger partial charge in [0.25, 0.3) is 0 Å². The molecule has 1 aliphatic heterocycles. The SMILES string of the molecule is CCCCCC(C)CCCCC(C)CC[Si]c1ccccc1-c1cnc(-c2ccc3c(n2)C(F)(F)C(CC(F)(F)C(F)(F)C(F)(F)C(F)(F)C(F)(F)C(F)(F)F)O3)nc1. The molecule has 3 atom stereocenters. The average molecular weight is 882 g/mol. The summed E-state index contributed by atoms with van der Waals surface area (Å²) in [6.45, 7) is 6.74. The van der Waals surface area contributed by atoms with E-state index in [1.165, 1.54) is 57.3 Å². The van der Waals surface area contributed by atoms with Gasteiger partial charge in [-0.2, -0.15) is 65.9 Å². The summed E-state index contributed by atoms with van der Waals surface area (Å²) >= 11 is 0. The third-order valence-corrected chi connectivity index (χ3v) is 11.7. The van der Waals surface area contributed by atoms with Crippen LogP contribution in [0.3, 0.4) is 0 Å². The number of unbranched alkanes of at least 4 members (excludes halogenated alkanes) is 3. The van der Waals surface area contributed by atoms with Crippen molar-refractivity contribution in [2.75, 3.05) is 0 Å². The van der Waals surface area contributed by atoms with Gasteiger partial charge >= 0.3 is 41.7 Å². The first kappa shape index (κ1) is 48.1. The molecule has 4 nitrogen and oxygen atoms in total. The summed E-state index contributed by atoms with van der Waals surface area (Å²) < 4.78 is 212. The van der Waals surface area contributed by atoms with Crippen LogP contribution in [0.25, 0.3) is 22.6 Å². The summed E-state index contributed by atoms with van der Waals surface area (Å²) in [6.07, 6.45) is -0.854. The zero-order valence-corrected chi connectivity index (χ0v) is 33.0. The van der Waals surface area contributed by atoms with Crippen LogP contribution in [0, 0.1) is 11.8 Å². The Morgan fingerprint density at radius 1 is 0.695 bits per heavy atom. The topological polar surface area (TPSA) is 47.9 Å². The van der Waals surface area contributed by atoms with Gasteiger partial charge in [-0.05, 0) is 29.5 Å². The van der Waals surface area contributed by atoms with Crippen LogP contribution in [0.1, 0.15) is 90.7 Å². The first-order valence-corrected chi connectivity index (χ1v) is 20.1. The lowest BCUT2D eigenvalue weighted by Crippen LogP contribution is -2.70. The normalized spacial score (nSPS) is 17.4. The third kappa shape index (κ3) is 9.98. The van der Waals surface area contributed by atoms with Gasteiger partial charge in [0.05, 0.1) is 15.9 Å². The fourth-order valence-corrected chi connectivity index (χ4v) is 8.11. The highest BCUT2D eigenvalue weighted by atomic mass is 28.2. The highest BCUT2D eigenvalue weighted by Gasteiger charge is 2.91. The van der Waals surface area contributed by atoms with Crippen molar-refractivity contribution in [3.8, 4) is 28.4 Å². The van der Waals surface area contributed by atoms with Crippen molar-refractivity contribution in [3.63, 3.8) is 0 Å². The molecule has 2 aromatic heterocycles. The Hall–Kier alpha value is -3.58. The van der Waals surface area contributed by atoms with E-state index in [2.05, 4.69) is 40.5 Å². The van der Waals surface area contributed by atoms with Crippen LogP contribution in [-0.2, 0) is 5.92 Å². The molecule has 0 bridgehead atoms. The number of nitrogens with zero attached hydrogens (tertiary/aromatic N) is 3. The Morgan fingerprint density at radius 3 is 1.81 bits per heavy atom. The molecule has 0 amide bonds. The van der Waals surface area contributed by atoms with Gasteiger partial charge in [-0.1, -0.05) is 114 Å². The molecule has 0 saturated carbocycles. The van der Waals surface area contributed by atoms with Gasteiger partial charge in [0, 0.05) is 18.0 Å². The van der Waals surface area contributed by atoms with Crippen molar-refractivity contribution in [2.45, 2.75) is 139 Å². The highest BCUT2D eigenvalue weighted by Crippen LogP contribution is 2.61. The monoisotopic (exact) mass is 881 g/mol. The minimum atomic E-state index is -8.16. The van der Waals surface area contributed by atoms with Crippen LogP contribution in [-0.4, -0.2) is 66.4 Å². The van der Waals surface area contributed by atoms with E-state index in [1.807, 2.05) is 18.2 Å². The van der Waals surface area contributed by atoms with Crippen LogP contribution >= 0.6 is 0 Å². The molecule has 0 spiro atoms. The number of fused-ring (bicyclic) bond motifs is 1. The van der Waals surface area contributed by atoms with E-state index < -0.39 is 71.4 Å². The summed E-state index contributed by atoms with van der Waals surface area (Å²) in [6, 6.07) is 10.1. The van der Waals surface area contributed by atoms with Gasteiger partial charge in [0.2, 0.25) is 0 Å². The number of halogens is 15. The van der Waals surface area contributed by atoms with Gasteiger partial charge < -0.3 is 4.74 Å². The molecule has 0 N–H and O–H groups in total. The summed E-state index contributed by atoms with van der Waals surface area (Å²) in [4.78, 5) is 11.9. The maximum atomic E-state index is 15.3. The highest BCUT2D eigenvalue weighted by molar-refractivity contribution is 6.55. The van der Waals surface area contributed by atoms with Crippen molar-refractivity contribution in [2.24, 2.45) is 11.8 Å². The van der Waals surface area contributed by atoms with E-state index in [0.29, 0.717) is 27.1 Å². The zero-order chi connectivity index (χ0) is 44.2. The number of aromatic nitrogens is 3. The lowest BCUT2D eigenvalue weighted by atomic mass is 9.90. The second kappa shape index (κ2) is 18.2. The van der Waals surface area contributed by atoms with Crippen molar-refractivity contribution in [1.82, 2.24) is 15.0 Å². The number of hydrogen-bond donors (Lipinski definition) is 0. The largest absolute Gasteiger partial charge is 0.481 e. The van der Waals surface area contributed by atoms with Gasteiger partial charge in [-0.25, -0.2) is 15.0 Å². The van der Waals surface area contributed by atoms with Gasteiger partial charge in [-0.15, -0.1) is 0 Å². The second-order valence-electron chi connectivity index (χ2n) is 15.0. The molecule has 328 valence electrons. The Balaban J connectivity index is 1.42. The number of ether oxygens (including phenoxy) is 1. The van der Waals surface area contributed by atoms with Crippen molar-refractivity contribution < 1.29 is 70.6 Å². The third-order valence-electron chi connectivity index (χ3n) is 10.3. The fraction of sp³-hybridized carbons (Fsp3) is 0.615. The van der Waals surface area contributed by atoms with Crippen molar-refractivity contribution in [3.05, 3.63) is 54.5 Å². The molecule has 0 aliphatic carbocycles. The first-order chi connectivity index (χ1) is 27.2. The van der Waals surface area contributed by atoms with E-state index >= 15 is 8.78 Å². The molecule has 20 heteroatoms. The quantitative estimate of drug-likeness (QED) is 0.0608. The molecule has 3 unspecified atom stereocenters. The van der Waals surface area contributed by atoms with Gasteiger partial charge in [0.1, 0.15) is 11.4 Å². The molecule has 1 aromatic carbocycles. The van der Waals surface area contributed by atoms with Crippen LogP contribution in [0.15, 0.2) is 48.8 Å². The molecule has 1 aliphatic rings. The summed E-state index contributed by atoms with van der Waals surface area (Å²) in [5.41, 5.74) is -0.585. The molecular weight excluding hydrogens is 840 g/mol. The predicted octanol–water partition coefficient (Wildman–Crippen LogP) is 12.7. The van der Waals surface area contributed by atoms with Gasteiger partial charge in [-0.3, -0.25) is 0 Å². The Morgan fingerprint density at radius 2 is 1.24 bits per heavy atom. The number of hydrogen-bond acceptors (Lipinski definition) is 4. The molecule has 3 heterocycles. The van der Waals surface area contributed by atoms with Crippen LogP contribution < -0.4 is 9.92 Å². The smallest absolute Gasteiger partial charge is 0.460 e. The Kier molecular flexibility index (Phi) is 14.8. The molecule has 3 aromatic rings. The van der Waals surface area contributed by atoms with E-state index in [9.17, 15) is 57.1 Å². The Bertz CT molecular complexity index is 1840. The minimum Gasteiger partial charge on any atom is -0.481 e. The molecule has 0 fully saturated rings. The minimum absolute atomic E-state index is 0.288. The standard InChI is InChI=1S/C39H42F15N3OSi/c1-4-5-6-11-23(2)12-7-8-13-24(3)18-19-59-29-15-10-9-14-26(29)25-21-55-32(56-22-25)27-16-17-28-31(57-27)34(42,43)30(58-28)20-33(40,41)35(44,45)36(46,47)37(48,49)38(50,51)39(52,53)54/h9-10,14-17,21-24,30H,4-8,11-13,18-20H2,1-3H3. The molecule has 59 heavy (non-hydrogen) atoms. The van der Waals surface area contributed by atoms with E-state index in [4.69, 9.17) is 0 Å². The van der Waals surface area contributed by atoms with Gasteiger partial charge in [0.15, 0.2) is 17.6 Å². The second-order valence-corrected chi connectivity index (χ2v) is 16.4. The van der Waals surface area contributed by atoms with E-state index in [-0.39, 0.29) is 5.82 Å². The van der Waals surface area contributed by atoms with E-state index in [1.54, 1.807) is 6.07 Å². The molecule has 0 saturated heterocycles. The van der Waals surface area contributed by atoms with E-state index in [0.717, 1.165) is 41.6 Å². The summed E-state index contributed by atoms with van der Waals surface area (Å²) in [7, 11) is 0.445. The summed E-state index contributed by atoms with van der Waals surface area (Å²) in [5.74, 6) is -43.6. The first-order valence-electron chi connectivity index (χ1n) is 18.9. The number of rotatable bonds is 21.